The van der Waals surface area contributed by atoms with Gasteiger partial charge in [-0.1, -0.05) is 12.1 Å². The fourth-order valence-electron chi connectivity index (χ4n) is 2.44. The number of rotatable bonds is 5. The van der Waals surface area contributed by atoms with Crippen LogP contribution in [-0.4, -0.2) is 10.1 Å². The summed E-state index contributed by atoms with van der Waals surface area (Å²) in [5.74, 6) is 0.735. The van der Waals surface area contributed by atoms with Crippen LogP contribution in [0.25, 0.3) is 0 Å². The van der Waals surface area contributed by atoms with Gasteiger partial charge in [-0.15, -0.1) is 0 Å². The Labute approximate surface area is 127 Å². The SMILES string of the molecule is CCC(Nc1ccc([N+](=O)[O-])c(C#N)c1)c1c(C)noc1C. The summed E-state index contributed by atoms with van der Waals surface area (Å²) in [5, 5.41) is 27.1. The van der Waals surface area contributed by atoms with E-state index in [0.29, 0.717) is 5.69 Å². The summed E-state index contributed by atoms with van der Waals surface area (Å²) in [6.07, 6.45) is 0.780. The van der Waals surface area contributed by atoms with Crippen molar-refractivity contribution in [2.75, 3.05) is 5.32 Å². The summed E-state index contributed by atoms with van der Waals surface area (Å²) in [6.45, 7) is 5.73. The van der Waals surface area contributed by atoms with Gasteiger partial charge < -0.3 is 9.84 Å². The van der Waals surface area contributed by atoms with Gasteiger partial charge in [-0.25, -0.2) is 0 Å². The summed E-state index contributed by atoms with van der Waals surface area (Å²) in [4.78, 5) is 10.3. The number of nitriles is 1. The molecule has 0 radical (unpaired) electrons. The first kappa shape index (κ1) is 15.5. The second kappa shape index (κ2) is 6.26. The molecule has 0 saturated heterocycles. The Morgan fingerprint density at radius 3 is 2.73 bits per heavy atom. The molecule has 1 aromatic carbocycles. The molecule has 7 heteroatoms. The first-order valence-corrected chi connectivity index (χ1v) is 6.85. The van der Waals surface area contributed by atoms with Gasteiger partial charge in [0.15, 0.2) is 0 Å². The average molecular weight is 300 g/mol. The number of aryl methyl sites for hydroxylation is 2. The zero-order valence-corrected chi connectivity index (χ0v) is 12.6. The van der Waals surface area contributed by atoms with E-state index in [1.807, 2.05) is 26.8 Å². The Morgan fingerprint density at radius 2 is 2.23 bits per heavy atom. The van der Waals surface area contributed by atoms with Crippen molar-refractivity contribution in [3.63, 3.8) is 0 Å². The lowest BCUT2D eigenvalue weighted by Gasteiger charge is -2.18. The molecule has 0 aliphatic rings. The minimum atomic E-state index is -0.562. The van der Waals surface area contributed by atoms with Gasteiger partial charge in [0, 0.05) is 17.3 Å². The zero-order chi connectivity index (χ0) is 16.3. The van der Waals surface area contributed by atoms with E-state index < -0.39 is 4.92 Å². The molecule has 2 aromatic rings. The van der Waals surface area contributed by atoms with Crippen molar-refractivity contribution >= 4 is 11.4 Å². The molecule has 0 aliphatic carbocycles. The molecule has 0 bridgehead atoms. The third-order valence-electron chi connectivity index (χ3n) is 3.50. The molecule has 0 spiro atoms. The normalized spacial score (nSPS) is 11.7. The Hall–Kier alpha value is -2.88. The Bertz CT molecular complexity index is 726. The standard InChI is InChI=1S/C15H16N4O3/c1-4-13(15-9(2)18-22-10(15)3)17-12-5-6-14(19(20)21)11(7-12)8-16/h5-7,13,17H,4H2,1-3H3. The molecular formula is C15H16N4O3. The van der Waals surface area contributed by atoms with Crippen LogP contribution in [0.5, 0.6) is 0 Å². The minimum Gasteiger partial charge on any atom is -0.378 e. The Kier molecular flexibility index (Phi) is 4.41. The predicted molar refractivity (Wildman–Crippen MR) is 80.4 cm³/mol. The number of benzene rings is 1. The molecule has 1 atom stereocenters. The smallest absolute Gasteiger partial charge is 0.287 e. The predicted octanol–water partition coefficient (Wildman–Crippen LogP) is 3.63. The lowest BCUT2D eigenvalue weighted by molar-refractivity contribution is -0.385. The number of nitrogens with zero attached hydrogens (tertiary/aromatic N) is 3. The van der Waals surface area contributed by atoms with Crippen LogP contribution in [0.4, 0.5) is 11.4 Å². The van der Waals surface area contributed by atoms with Gasteiger partial charge in [0.25, 0.3) is 5.69 Å². The van der Waals surface area contributed by atoms with Crippen LogP contribution in [-0.2, 0) is 0 Å². The number of aromatic nitrogens is 1. The van der Waals surface area contributed by atoms with Crippen LogP contribution in [0.15, 0.2) is 22.7 Å². The van der Waals surface area contributed by atoms with Crippen molar-refractivity contribution in [3.8, 4) is 6.07 Å². The van der Waals surface area contributed by atoms with Gasteiger partial charge in [-0.2, -0.15) is 5.26 Å². The summed E-state index contributed by atoms with van der Waals surface area (Å²) < 4.78 is 5.18. The Balaban J connectivity index is 2.33. The second-order valence-corrected chi connectivity index (χ2v) is 4.94. The van der Waals surface area contributed by atoms with Crippen LogP contribution in [0.3, 0.4) is 0 Å². The molecule has 1 heterocycles. The van der Waals surface area contributed by atoms with Gasteiger partial charge in [0.2, 0.25) is 0 Å². The highest BCUT2D eigenvalue weighted by molar-refractivity contribution is 5.59. The van der Waals surface area contributed by atoms with E-state index >= 15 is 0 Å². The molecule has 0 saturated carbocycles. The molecule has 2 rings (SSSR count). The fraction of sp³-hybridized carbons (Fsp3) is 0.333. The van der Waals surface area contributed by atoms with E-state index in [1.165, 1.54) is 12.1 Å². The van der Waals surface area contributed by atoms with Crippen LogP contribution < -0.4 is 5.32 Å². The van der Waals surface area contributed by atoms with Crippen molar-refractivity contribution in [3.05, 3.63) is 50.9 Å². The second-order valence-electron chi connectivity index (χ2n) is 4.94. The first-order valence-electron chi connectivity index (χ1n) is 6.85. The summed E-state index contributed by atoms with van der Waals surface area (Å²) in [6, 6.07) is 6.23. The van der Waals surface area contributed by atoms with Crippen LogP contribution in [0, 0.1) is 35.3 Å². The summed E-state index contributed by atoms with van der Waals surface area (Å²) >= 11 is 0. The van der Waals surface area contributed by atoms with Gasteiger partial charge in [-0.05, 0) is 32.4 Å². The number of hydrogen-bond acceptors (Lipinski definition) is 6. The van der Waals surface area contributed by atoms with Gasteiger partial charge >= 0.3 is 0 Å². The molecule has 1 N–H and O–H groups in total. The Morgan fingerprint density at radius 1 is 1.50 bits per heavy atom. The number of nitro benzene ring substituents is 1. The number of anilines is 1. The lowest BCUT2D eigenvalue weighted by Crippen LogP contribution is -2.11. The topological polar surface area (TPSA) is 105 Å². The van der Waals surface area contributed by atoms with Crippen LogP contribution in [0.1, 0.15) is 42.0 Å². The highest BCUT2D eigenvalue weighted by Crippen LogP contribution is 2.29. The molecule has 22 heavy (non-hydrogen) atoms. The van der Waals surface area contributed by atoms with Crippen molar-refractivity contribution < 1.29 is 9.45 Å². The maximum Gasteiger partial charge on any atom is 0.287 e. The largest absolute Gasteiger partial charge is 0.378 e. The van der Waals surface area contributed by atoms with E-state index in [0.717, 1.165) is 23.4 Å². The third-order valence-corrected chi connectivity index (χ3v) is 3.50. The van der Waals surface area contributed by atoms with Gasteiger partial charge in [0.05, 0.1) is 16.7 Å². The number of hydrogen-bond donors (Lipinski definition) is 1. The molecule has 0 amide bonds. The quantitative estimate of drug-likeness (QED) is 0.667. The van der Waals surface area contributed by atoms with Gasteiger partial charge in [0.1, 0.15) is 17.4 Å². The van der Waals surface area contributed by atoms with Crippen molar-refractivity contribution in [1.82, 2.24) is 5.16 Å². The maximum atomic E-state index is 10.9. The highest BCUT2D eigenvalue weighted by Gasteiger charge is 2.20. The maximum absolute atomic E-state index is 10.9. The van der Waals surface area contributed by atoms with Crippen molar-refractivity contribution in [2.24, 2.45) is 0 Å². The fourth-order valence-corrected chi connectivity index (χ4v) is 2.44. The van der Waals surface area contributed by atoms with E-state index in [4.69, 9.17) is 9.78 Å². The first-order chi connectivity index (χ1) is 10.5. The summed E-state index contributed by atoms with van der Waals surface area (Å²) in [5.41, 5.74) is 2.26. The lowest BCUT2D eigenvalue weighted by atomic mass is 10.0. The van der Waals surface area contributed by atoms with E-state index in [1.54, 1.807) is 6.07 Å². The molecule has 1 aromatic heterocycles. The number of nitrogens with one attached hydrogen (secondary N) is 1. The van der Waals surface area contributed by atoms with E-state index in [-0.39, 0.29) is 17.3 Å². The minimum absolute atomic E-state index is 0.0311. The monoisotopic (exact) mass is 300 g/mol. The molecule has 1 unspecified atom stereocenters. The van der Waals surface area contributed by atoms with Crippen LogP contribution >= 0.6 is 0 Å². The van der Waals surface area contributed by atoms with Crippen LogP contribution in [0.2, 0.25) is 0 Å². The molecule has 7 nitrogen and oxygen atoms in total. The van der Waals surface area contributed by atoms with E-state index in [9.17, 15) is 10.1 Å². The highest BCUT2D eigenvalue weighted by atomic mass is 16.6. The summed E-state index contributed by atoms with van der Waals surface area (Å²) in [7, 11) is 0. The molecule has 0 aliphatic heterocycles. The molecule has 114 valence electrons. The van der Waals surface area contributed by atoms with Gasteiger partial charge in [-0.3, -0.25) is 10.1 Å². The van der Waals surface area contributed by atoms with E-state index in [2.05, 4.69) is 10.5 Å². The zero-order valence-electron chi connectivity index (χ0n) is 12.6. The number of nitro groups is 1. The molecule has 0 fully saturated rings. The van der Waals surface area contributed by atoms with Crippen molar-refractivity contribution in [1.29, 1.82) is 5.26 Å². The average Bonchev–Trinajstić information content (AvgIpc) is 2.83. The molecular weight excluding hydrogens is 284 g/mol. The van der Waals surface area contributed by atoms with Crippen molar-refractivity contribution in [2.45, 2.75) is 33.2 Å². The third kappa shape index (κ3) is 2.91.